The third-order valence-electron chi connectivity index (χ3n) is 5.37. The minimum Gasteiger partial charge on any atom is -0.462 e. The number of nitrogens with zero attached hydrogens (tertiary/aromatic N) is 4. The zero-order valence-electron chi connectivity index (χ0n) is 18.8. The molecule has 0 atom stereocenters. The molecule has 8 heteroatoms. The van der Waals surface area contributed by atoms with Gasteiger partial charge in [-0.25, -0.2) is 14.5 Å². The van der Waals surface area contributed by atoms with Gasteiger partial charge < -0.3 is 14.6 Å². The number of imidazole rings is 1. The van der Waals surface area contributed by atoms with Gasteiger partial charge >= 0.3 is 5.97 Å². The number of aryl methyl sites for hydroxylation is 1. The predicted molar refractivity (Wildman–Crippen MR) is 125 cm³/mol. The van der Waals surface area contributed by atoms with Crippen molar-refractivity contribution in [1.82, 2.24) is 19.3 Å². The number of anilines is 1. The van der Waals surface area contributed by atoms with Crippen molar-refractivity contribution in [1.29, 1.82) is 0 Å². The van der Waals surface area contributed by atoms with E-state index in [4.69, 9.17) is 4.74 Å². The Morgan fingerprint density at radius 1 is 1.03 bits per heavy atom. The highest BCUT2D eigenvalue weighted by molar-refractivity contribution is 6.04. The number of carbonyl (C=O) groups excluding carboxylic acids is 2. The smallest absolute Gasteiger partial charge is 0.341 e. The normalized spacial score (nSPS) is 10.8. The summed E-state index contributed by atoms with van der Waals surface area (Å²) in [5.41, 5.74) is 4.21. The molecule has 0 spiro atoms. The van der Waals surface area contributed by atoms with E-state index in [9.17, 15) is 9.59 Å². The van der Waals surface area contributed by atoms with Gasteiger partial charge in [-0.2, -0.15) is 5.10 Å². The average molecular weight is 444 g/mol. The third kappa shape index (κ3) is 4.85. The Kier molecular flexibility index (Phi) is 6.35. The number of amides is 1. The van der Waals surface area contributed by atoms with Crippen molar-refractivity contribution in [3.8, 4) is 5.69 Å². The molecule has 0 saturated heterocycles. The molecule has 0 unspecified atom stereocenters. The molecule has 1 N–H and O–H groups in total. The van der Waals surface area contributed by atoms with Crippen LogP contribution in [0.5, 0.6) is 0 Å². The van der Waals surface area contributed by atoms with Crippen LogP contribution in [0.3, 0.4) is 0 Å². The third-order valence-corrected chi connectivity index (χ3v) is 5.37. The molecule has 0 saturated carbocycles. The topological polar surface area (TPSA) is 91.0 Å². The monoisotopic (exact) mass is 443 g/mol. The second-order valence-electron chi connectivity index (χ2n) is 7.58. The van der Waals surface area contributed by atoms with Crippen LogP contribution in [-0.2, 0) is 11.3 Å². The van der Waals surface area contributed by atoms with E-state index < -0.39 is 5.97 Å². The van der Waals surface area contributed by atoms with Gasteiger partial charge in [0.2, 0.25) is 0 Å². The molecule has 2 aromatic carbocycles. The molecule has 2 heterocycles. The van der Waals surface area contributed by atoms with Crippen molar-refractivity contribution in [3.63, 3.8) is 0 Å². The van der Waals surface area contributed by atoms with Gasteiger partial charge in [0, 0.05) is 30.2 Å². The Bertz CT molecular complexity index is 1270. The molecular formula is C25H25N5O3. The first-order chi connectivity index (χ1) is 16.0. The maximum atomic E-state index is 12.7. The largest absolute Gasteiger partial charge is 0.462 e. The molecule has 0 fully saturated rings. The quantitative estimate of drug-likeness (QED) is 0.433. The number of esters is 1. The van der Waals surface area contributed by atoms with Gasteiger partial charge in [0.05, 0.1) is 24.2 Å². The summed E-state index contributed by atoms with van der Waals surface area (Å²) in [5, 5.41) is 7.20. The molecule has 4 rings (SSSR count). The zero-order valence-corrected chi connectivity index (χ0v) is 18.8. The van der Waals surface area contributed by atoms with E-state index in [0.717, 1.165) is 29.3 Å². The fourth-order valence-corrected chi connectivity index (χ4v) is 3.50. The maximum Gasteiger partial charge on any atom is 0.341 e. The van der Waals surface area contributed by atoms with Crippen LogP contribution in [0.15, 0.2) is 67.1 Å². The molecule has 2 aromatic heterocycles. The van der Waals surface area contributed by atoms with E-state index in [2.05, 4.69) is 20.0 Å². The van der Waals surface area contributed by atoms with Gasteiger partial charge in [-0.05, 0) is 62.7 Å². The molecule has 33 heavy (non-hydrogen) atoms. The van der Waals surface area contributed by atoms with Crippen molar-refractivity contribution in [2.75, 3.05) is 11.9 Å². The Morgan fingerprint density at radius 2 is 1.76 bits per heavy atom. The van der Waals surface area contributed by atoms with Gasteiger partial charge in [0.15, 0.2) is 0 Å². The SMILES string of the molecule is CCOC(=O)c1cnn(-c2ccc(C(=O)Nc3ccc(Cn4ccnc4C)cc3)cc2)c1C. The van der Waals surface area contributed by atoms with Crippen molar-refractivity contribution >= 4 is 17.6 Å². The van der Waals surface area contributed by atoms with Crippen LogP contribution in [0.4, 0.5) is 5.69 Å². The van der Waals surface area contributed by atoms with E-state index >= 15 is 0 Å². The minimum atomic E-state index is -0.400. The highest BCUT2D eigenvalue weighted by atomic mass is 16.5. The highest BCUT2D eigenvalue weighted by Crippen LogP contribution is 2.17. The average Bonchev–Trinajstić information content (AvgIpc) is 3.40. The van der Waals surface area contributed by atoms with Crippen molar-refractivity contribution in [2.45, 2.75) is 27.3 Å². The van der Waals surface area contributed by atoms with E-state index in [-0.39, 0.29) is 5.91 Å². The lowest BCUT2D eigenvalue weighted by molar-refractivity contribution is 0.0525. The number of aromatic nitrogens is 4. The standard InChI is InChI=1S/C25H25N5O3/c1-4-33-25(32)23-15-27-30(17(23)2)22-11-7-20(8-12-22)24(31)28-21-9-5-19(6-10-21)16-29-14-13-26-18(29)3/h5-15H,4,16H2,1-3H3,(H,28,31). The van der Waals surface area contributed by atoms with Gasteiger partial charge in [-0.3, -0.25) is 4.79 Å². The van der Waals surface area contributed by atoms with Crippen LogP contribution in [0.25, 0.3) is 5.69 Å². The summed E-state index contributed by atoms with van der Waals surface area (Å²) in [6, 6.07) is 14.8. The summed E-state index contributed by atoms with van der Waals surface area (Å²) in [6.45, 7) is 6.56. The van der Waals surface area contributed by atoms with Crippen LogP contribution in [-0.4, -0.2) is 37.8 Å². The summed E-state index contributed by atoms with van der Waals surface area (Å²) in [5.74, 6) is 0.353. The summed E-state index contributed by atoms with van der Waals surface area (Å²) in [6.07, 6.45) is 5.21. The van der Waals surface area contributed by atoms with Crippen LogP contribution in [0.2, 0.25) is 0 Å². The summed E-state index contributed by atoms with van der Waals surface area (Å²) >= 11 is 0. The molecule has 0 bridgehead atoms. The Morgan fingerprint density at radius 3 is 2.39 bits per heavy atom. The van der Waals surface area contributed by atoms with Gasteiger partial charge in [0.25, 0.3) is 5.91 Å². The fraction of sp³-hybridized carbons (Fsp3) is 0.200. The second-order valence-corrected chi connectivity index (χ2v) is 7.58. The number of rotatable bonds is 7. The lowest BCUT2D eigenvalue weighted by Crippen LogP contribution is -2.12. The van der Waals surface area contributed by atoms with E-state index in [1.807, 2.05) is 37.4 Å². The van der Waals surface area contributed by atoms with Crippen molar-refractivity contribution in [3.05, 3.63) is 95.3 Å². The molecule has 8 nitrogen and oxygen atoms in total. The molecule has 0 radical (unpaired) electrons. The molecule has 0 aliphatic heterocycles. The first-order valence-corrected chi connectivity index (χ1v) is 10.7. The first-order valence-electron chi connectivity index (χ1n) is 10.7. The minimum absolute atomic E-state index is 0.204. The zero-order chi connectivity index (χ0) is 23.4. The van der Waals surface area contributed by atoms with Crippen molar-refractivity contribution in [2.24, 2.45) is 0 Å². The molecule has 0 aliphatic rings. The summed E-state index contributed by atoms with van der Waals surface area (Å²) < 4.78 is 8.76. The maximum absolute atomic E-state index is 12.7. The second kappa shape index (κ2) is 9.52. The lowest BCUT2D eigenvalue weighted by Gasteiger charge is -2.09. The van der Waals surface area contributed by atoms with Gasteiger partial charge in [-0.15, -0.1) is 0 Å². The number of ether oxygens (including phenoxy) is 1. The Balaban J connectivity index is 1.42. The number of carbonyl (C=O) groups is 2. The number of nitrogens with one attached hydrogen (secondary N) is 1. The summed E-state index contributed by atoms with van der Waals surface area (Å²) in [7, 11) is 0. The van der Waals surface area contributed by atoms with Gasteiger partial charge in [-0.1, -0.05) is 12.1 Å². The highest BCUT2D eigenvalue weighted by Gasteiger charge is 2.16. The Hall–Kier alpha value is -4.20. The summed E-state index contributed by atoms with van der Waals surface area (Å²) in [4.78, 5) is 28.9. The van der Waals surface area contributed by atoms with Crippen molar-refractivity contribution < 1.29 is 14.3 Å². The van der Waals surface area contributed by atoms with E-state index in [1.165, 1.54) is 6.20 Å². The lowest BCUT2D eigenvalue weighted by atomic mass is 10.1. The van der Waals surface area contributed by atoms with Crippen LogP contribution in [0.1, 0.15) is 44.7 Å². The molecular weight excluding hydrogens is 418 g/mol. The number of hydrogen-bond acceptors (Lipinski definition) is 5. The molecule has 1 amide bonds. The number of benzene rings is 2. The van der Waals surface area contributed by atoms with Crippen LogP contribution in [0, 0.1) is 13.8 Å². The fourth-order valence-electron chi connectivity index (χ4n) is 3.50. The van der Waals surface area contributed by atoms with Crippen LogP contribution >= 0.6 is 0 Å². The van der Waals surface area contributed by atoms with E-state index in [0.29, 0.717) is 23.4 Å². The molecule has 0 aliphatic carbocycles. The molecule has 4 aromatic rings. The van der Waals surface area contributed by atoms with E-state index in [1.54, 1.807) is 49.0 Å². The van der Waals surface area contributed by atoms with Gasteiger partial charge in [0.1, 0.15) is 11.4 Å². The predicted octanol–water partition coefficient (Wildman–Crippen LogP) is 4.16. The number of hydrogen-bond donors (Lipinski definition) is 1. The van der Waals surface area contributed by atoms with Crippen LogP contribution < -0.4 is 5.32 Å². The molecule has 168 valence electrons. The first kappa shape index (κ1) is 22.0. The Labute approximate surface area is 191 Å².